The number of nitrogens with zero attached hydrogens (tertiary/aromatic N) is 1. The van der Waals surface area contributed by atoms with Crippen LogP contribution in [0.2, 0.25) is 5.02 Å². The van der Waals surface area contributed by atoms with Gasteiger partial charge in [0.1, 0.15) is 0 Å². The molecule has 1 aromatic carbocycles. The maximum atomic E-state index is 11.8. The minimum Gasteiger partial charge on any atom is -0.473 e. The first-order valence-corrected chi connectivity index (χ1v) is 10.5. The normalized spacial score (nSPS) is 10.1. The van der Waals surface area contributed by atoms with Crippen molar-refractivity contribution in [2.75, 3.05) is 32.4 Å². The maximum Gasteiger partial charge on any atom is 0.414 e. The van der Waals surface area contributed by atoms with Crippen LogP contribution >= 0.6 is 23.4 Å². The van der Waals surface area contributed by atoms with Gasteiger partial charge < -0.3 is 20.4 Å². The van der Waals surface area contributed by atoms with Gasteiger partial charge in [0, 0.05) is 17.3 Å². The third kappa shape index (κ3) is 14.3. The lowest BCUT2D eigenvalue weighted by atomic mass is 10.2. The molecule has 0 unspecified atom stereocenters. The summed E-state index contributed by atoms with van der Waals surface area (Å²) in [7, 11) is 2.14. The van der Waals surface area contributed by atoms with Gasteiger partial charge in [0.05, 0.1) is 5.75 Å². The molecule has 0 radical (unpaired) electrons. The van der Waals surface area contributed by atoms with Gasteiger partial charge in [0.25, 0.3) is 0 Å². The minimum absolute atomic E-state index is 0.105. The molecule has 0 heterocycles. The molecule has 3 N–H and O–H groups in total. The second kappa shape index (κ2) is 16.2. The number of carbonyl (C=O) groups excluding carboxylic acids is 1. The Hall–Kier alpha value is -1.77. The molecule has 1 amide bonds. The molecule has 0 aliphatic heterocycles. The van der Waals surface area contributed by atoms with Gasteiger partial charge in [-0.05, 0) is 44.6 Å². The fourth-order valence-electron chi connectivity index (χ4n) is 2.04. The fraction of sp³-hybridized carbons (Fsp3) is 0.526. The standard InChI is InChI=1S/C17H27ClN2OS.C2H2O4/c1-3-4-11-20(2)12-7-10-19-17(21)14-22-13-15-8-5-6-9-16(15)18;3-1(4)2(5)6/h5-6,8-9H,3-4,7,10-14H2,1-2H3,(H,19,21);(H,3,4)(H,5,6). The number of aliphatic carboxylic acids is 2. The second-order valence-corrected chi connectivity index (χ2v) is 7.45. The third-order valence-corrected chi connectivity index (χ3v) is 4.91. The number of amides is 1. The Morgan fingerprint density at radius 1 is 1.11 bits per heavy atom. The first kappa shape index (κ1) is 26.2. The number of hydrogen-bond donors (Lipinski definition) is 3. The van der Waals surface area contributed by atoms with Gasteiger partial charge in [-0.15, -0.1) is 11.8 Å². The molecule has 7 nitrogen and oxygen atoms in total. The topological polar surface area (TPSA) is 107 Å². The van der Waals surface area contributed by atoms with Crippen molar-refractivity contribution < 1.29 is 24.6 Å². The molecule has 0 saturated heterocycles. The predicted octanol–water partition coefficient (Wildman–Crippen LogP) is 2.97. The predicted molar refractivity (Wildman–Crippen MR) is 113 cm³/mol. The number of nitrogens with one attached hydrogen (secondary N) is 1. The SMILES string of the molecule is CCCCN(C)CCCNC(=O)CSCc1ccccc1Cl.O=C(O)C(=O)O. The number of unbranched alkanes of at least 4 members (excludes halogenated alkanes) is 1. The van der Waals surface area contributed by atoms with Crippen molar-refractivity contribution in [2.24, 2.45) is 0 Å². The number of carbonyl (C=O) groups is 3. The molecule has 0 bridgehead atoms. The summed E-state index contributed by atoms with van der Waals surface area (Å²) in [5, 5.41) is 18.5. The van der Waals surface area contributed by atoms with Crippen LogP contribution in [0.25, 0.3) is 0 Å². The Morgan fingerprint density at radius 3 is 2.29 bits per heavy atom. The van der Waals surface area contributed by atoms with E-state index in [-0.39, 0.29) is 5.91 Å². The van der Waals surface area contributed by atoms with E-state index in [1.807, 2.05) is 24.3 Å². The van der Waals surface area contributed by atoms with Crippen LogP contribution < -0.4 is 5.32 Å². The van der Waals surface area contributed by atoms with Crippen molar-refractivity contribution in [3.05, 3.63) is 34.9 Å². The molecule has 0 aliphatic carbocycles. The zero-order valence-corrected chi connectivity index (χ0v) is 17.9. The summed E-state index contributed by atoms with van der Waals surface area (Å²) in [5.74, 6) is -2.29. The second-order valence-electron chi connectivity index (χ2n) is 6.05. The number of carboxylic acids is 2. The molecule has 0 aromatic heterocycles. The van der Waals surface area contributed by atoms with E-state index in [0.29, 0.717) is 5.75 Å². The number of hydrogen-bond acceptors (Lipinski definition) is 5. The van der Waals surface area contributed by atoms with Crippen LogP contribution in [-0.4, -0.2) is 65.4 Å². The lowest BCUT2D eigenvalue weighted by Gasteiger charge is -2.15. The molecular weight excluding hydrogens is 404 g/mol. The Bertz CT molecular complexity index is 604. The van der Waals surface area contributed by atoms with Gasteiger partial charge in [0.15, 0.2) is 0 Å². The number of rotatable bonds is 11. The molecule has 28 heavy (non-hydrogen) atoms. The highest BCUT2D eigenvalue weighted by Crippen LogP contribution is 2.20. The van der Waals surface area contributed by atoms with Crippen molar-refractivity contribution in [3.8, 4) is 0 Å². The molecule has 9 heteroatoms. The van der Waals surface area contributed by atoms with Gasteiger partial charge in [-0.1, -0.05) is 43.1 Å². The van der Waals surface area contributed by atoms with Gasteiger partial charge >= 0.3 is 11.9 Å². The fourth-order valence-corrected chi connectivity index (χ4v) is 3.18. The molecule has 0 spiro atoms. The van der Waals surface area contributed by atoms with Crippen LogP contribution in [0.4, 0.5) is 0 Å². The molecule has 0 saturated carbocycles. The minimum atomic E-state index is -1.82. The highest BCUT2D eigenvalue weighted by atomic mass is 35.5. The summed E-state index contributed by atoms with van der Waals surface area (Å²) in [6.07, 6.45) is 3.46. The zero-order valence-electron chi connectivity index (χ0n) is 16.3. The molecule has 1 aromatic rings. The molecule has 0 aliphatic rings. The van der Waals surface area contributed by atoms with E-state index in [1.165, 1.54) is 12.8 Å². The number of thioether (sulfide) groups is 1. The van der Waals surface area contributed by atoms with Crippen molar-refractivity contribution in [1.82, 2.24) is 10.2 Å². The Kier molecular flexibility index (Phi) is 15.2. The van der Waals surface area contributed by atoms with Gasteiger partial charge in [-0.25, -0.2) is 9.59 Å². The van der Waals surface area contributed by atoms with E-state index in [9.17, 15) is 4.79 Å². The summed E-state index contributed by atoms with van der Waals surface area (Å²) < 4.78 is 0. The van der Waals surface area contributed by atoms with Crippen LogP contribution in [0.1, 0.15) is 31.7 Å². The van der Waals surface area contributed by atoms with E-state index in [0.717, 1.165) is 42.4 Å². The number of benzene rings is 1. The van der Waals surface area contributed by atoms with Crippen LogP contribution in [-0.2, 0) is 20.1 Å². The molecular formula is C19H29ClN2O5S. The maximum absolute atomic E-state index is 11.8. The van der Waals surface area contributed by atoms with E-state index in [2.05, 4.69) is 24.2 Å². The lowest BCUT2D eigenvalue weighted by Crippen LogP contribution is -2.29. The average Bonchev–Trinajstić information content (AvgIpc) is 2.65. The largest absolute Gasteiger partial charge is 0.473 e. The smallest absolute Gasteiger partial charge is 0.414 e. The molecule has 1 rings (SSSR count). The summed E-state index contributed by atoms with van der Waals surface area (Å²) in [6, 6.07) is 7.77. The first-order chi connectivity index (χ1) is 13.3. The van der Waals surface area contributed by atoms with Gasteiger partial charge in [-0.2, -0.15) is 0 Å². The van der Waals surface area contributed by atoms with Gasteiger partial charge in [-0.3, -0.25) is 4.79 Å². The molecule has 0 atom stereocenters. The Labute approximate surface area is 175 Å². The van der Waals surface area contributed by atoms with Crippen LogP contribution in [0.3, 0.4) is 0 Å². The highest BCUT2D eigenvalue weighted by molar-refractivity contribution is 7.99. The van der Waals surface area contributed by atoms with Crippen LogP contribution in [0.15, 0.2) is 24.3 Å². The monoisotopic (exact) mass is 432 g/mol. The summed E-state index contributed by atoms with van der Waals surface area (Å²) in [6.45, 7) is 5.13. The Morgan fingerprint density at radius 2 is 1.71 bits per heavy atom. The van der Waals surface area contributed by atoms with Crippen molar-refractivity contribution in [1.29, 1.82) is 0 Å². The van der Waals surface area contributed by atoms with E-state index < -0.39 is 11.9 Å². The van der Waals surface area contributed by atoms with E-state index >= 15 is 0 Å². The average molecular weight is 433 g/mol. The number of carboxylic acid groups (broad SMARTS) is 2. The van der Waals surface area contributed by atoms with E-state index in [1.54, 1.807) is 11.8 Å². The number of halogens is 1. The summed E-state index contributed by atoms with van der Waals surface area (Å²) in [4.78, 5) is 32.3. The summed E-state index contributed by atoms with van der Waals surface area (Å²) >= 11 is 7.69. The van der Waals surface area contributed by atoms with Crippen molar-refractivity contribution in [2.45, 2.75) is 31.9 Å². The zero-order chi connectivity index (χ0) is 21.4. The van der Waals surface area contributed by atoms with Gasteiger partial charge in [0.2, 0.25) is 5.91 Å². The van der Waals surface area contributed by atoms with Crippen LogP contribution in [0, 0.1) is 0 Å². The quantitative estimate of drug-likeness (QED) is 0.364. The third-order valence-electron chi connectivity index (χ3n) is 3.56. The summed E-state index contributed by atoms with van der Waals surface area (Å²) in [5.41, 5.74) is 1.08. The first-order valence-electron chi connectivity index (χ1n) is 9.00. The van der Waals surface area contributed by atoms with Crippen molar-refractivity contribution in [3.63, 3.8) is 0 Å². The highest BCUT2D eigenvalue weighted by Gasteiger charge is 2.05. The van der Waals surface area contributed by atoms with E-state index in [4.69, 9.17) is 31.4 Å². The molecule has 0 fully saturated rings. The van der Waals surface area contributed by atoms with Crippen LogP contribution in [0.5, 0.6) is 0 Å². The molecule has 158 valence electrons. The Balaban J connectivity index is 0.00000105. The lowest BCUT2D eigenvalue weighted by molar-refractivity contribution is -0.159. The van der Waals surface area contributed by atoms with Crippen molar-refractivity contribution >= 4 is 41.2 Å².